The molecule has 5 nitrogen and oxygen atoms in total. The molecule has 0 aliphatic rings. The molecular formula is C12H12Cl2N2O3S. The normalized spacial score (nSPS) is 13.4. The maximum Gasteiger partial charge on any atom is 0.175 e. The maximum absolute atomic E-state index is 11.7. The van der Waals surface area contributed by atoms with Crippen LogP contribution in [0, 0.1) is 0 Å². The summed E-state index contributed by atoms with van der Waals surface area (Å²) in [7, 11) is -3.35. The Balaban J connectivity index is 2.66. The van der Waals surface area contributed by atoms with Crippen molar-refractivity contribution in [3.05, 3.63) is 34.0 Å². The molecule has 1 unspecified atom stereocenters. The molecule has 0 fully saturated rings. The van der Waals surface area contributed by atoms with Crippen molar-refractivity contribution in [1.82, 2.24) is 5.16 Å². The highest BCUT2D eigenvalue weighted by atomic mass is 35.5. The van der Waals surface area contributed by atoms with Crippen molar-refractivity contribution in [2.45, 2.75) is 12.2 Å². The predicted octanol–water partition coefficient (Wildman–Crippen LogP) is 3.34. The van der Waals surface area contributed by atoms with E-state index in [9.17, 15) is 8.42 Å². The van der Waals surface area contributed by atoms with Gasteiger partial charge in [0.1, 0.15) is 5.25 Å². The predicted molar refractivity (Wildman–Crippen MR) is 79.6 cm³/mol. The number of hydrogen-bond donors (Lipinski definition) is 1. The topological polar surface area (TPSA) is 86.2 Å². The lowest BCUT2D eigenvalue weighted by Gasteiger charge is -2.09. The molecule has 0 amide bonds. The van der Waals surface area contributed by atoms with E-state index in [1.54, 1.807) is 18.2 Å². The number of sulfone groups is 1. The molecule has 1 aromatic carbocycles. The van der Waals surface area contributed by atoms with Crippen LogP contribution in [0.4, 0.5) is 5.82 Å². The van der Waals surface area contributed by atoms with Crippen LogP contribution < -0.4 is 5.73 Å². The van der Waals surface area contributed by atoms with Crippen LogP contribution in [0.3, 0.4) is 0 Å². The fraction of sp³-hybridized carbons (Fsp3) is 0.250. The summed E-state index contributed by atoms with van der Waals surface area (Å²) in [5.74, 6) is 0.244. The second-order valence-corrected chi connectivity index (χ2v) is 7.61. The standard InChI is InChI=1S/C12H12Cl2N2O3S/c1-6(20(2,17)18)11-10(12(15)16-19-11)8-4-3-7(13)5-9(8)14/h3-6H,1-2H3,(H2,15,16). The van der Waals surface area contributed by atoms with E-state index >= 15 is 0 Å². The van der Waals surface area contributed by atoms with Crippen LogP contribution in [-0.2, 0) is 9.84 Å². The van der Waals surface area contributed by atoms with Gasteiger partial charge in [0.2, 0.25) is 0 Å². The van der Waals surface area contributed by atoms with Gasteiger partial charge in [-0.15, -0.1) is 0 Å². The summed E-state index contributed by atoms with van der Waals surface area (Å²) in [5.41, 5.74) is 6.68. The zero-order chi connectivity index (χ0) is 15.1. The molecule has 0 bridgehead atoms. The number of anilines is 1. The van der Waals surface area contributed by atoms with Crippen LogP contribution in [0.1, 0.15) is 17.9 Å². The molecule has 2 N–H and O–H groups in total. The van der Waals surface area contributed by atoms with Crippen LogP contribution in [-0.4, -0.2) is 19.8 Å². The zero-order valence-electron chi connectivity index (χ0n) is 10.7. The first-order chi connectivity index (χ1) is 9.21. The van der Waals surface area contributed by atoms with E-state index < -0.39 is 15.1 Å². The molecule has 1 aromatic heterocycles. The van der Waals surface area contributed by atoms with Crippen LogP contribution >= 0.6 is 23.2 Å². The third-order valence-electron chi connectivity index (χ3n) is 2.96. The summed E-state index contributed by atoms with van der Waals surface area (Å²) < 4.78 is 28.4. The van der Waals surface area contributed by atoms with E-state index in [1.807, 2.05) is 0 Å². The van der Waals surface area contributed by atoms with E-state index in [2.05, 4.69) is 5.16 Å². The van der Waals surface area contributed by atoms with Crippen molar-refractivity contribution in [3.63, 3.8) is 0 Å². The van der Waals surface area contributed by atoms with Gasteiger partial charge < -0.3 is 10.3 Å². The number of benzene rings is 1. The van der Waals surface area contributed by atoms with E-state index in [0.29, 0.717) is 21.2 Å². The Morgan fingerprint density at radius 1 is 1.35 bits per heavy atom. The van der Waals surface area contributed by atoms with Crippen molar-refractivity contribution >= 4 is 38.9 Å². The molecule has 108 valence electrons. The minimum Gasteiger partial charge on any atom is -0.380 e. The van der Waals surface area contributed by atoms with Gasteiger partial charge in [-0.1, -0.05) is 34.4 Å². The van der Waals surface area contributed by atoms with Gasteiger partial charge in [-0.05, 0) is 19.1 Å². The Bertz CT molecular complexity index is 756. The smallest absolute Gasteiger partial charge is 0.175 e. The molecule has 0 aliphatic carbocycles. The van der Waals surface area contributed by atoms with Crippen molar-refractivity contribution in [3.8, 4) is 11.1 Å². The SMILES string of the molecule is CC(c1onc(N)c1-c1ccc(Cl)cc1Cl)S(C)(=O)=O. The minimum atomic E-state index is -3.35. The first-order valence-electron chi connectivity index (χ1n) is 5.61. The first kappa shape index (κ1) is 15.2. The van der Waals surface area contributed by atoms with Crippen molar-refractivity contribution in [2.24, 2.45) is 0 Å². The molecule has 8 heteroatoms. The van der Waals surface area contributed by atoms with Crippen LogP contribution in [0.2, 0.25) is 10.0 Å². The van der Waals surface area contributed by atoms with Crippen LogP contribution in [0.15, 0.2) is 22.7 Å². The molecule has 2 aromatic rings. The Hall–Kier alpha value is -1.24. The highest BCUT2D eigenvalue weighted by Gasteiger charge is 2.28. The van der Waals surface area contributed by atoms with E-state index in [1.165, 1.54) is 6.92 Å². The molecule has 0 saturated heterocycles. The zero-order valence-corrected chi connectivity index (χ0v) is 13.1. The molecule has 1 atom stereocenters. The fourth-order valence-electron chi connectivity index (χ4n) is 1.75. The quantitative estimate of drug-likeness (QED) is 0.930. The van der Waals surface area contributed by atoms with Gasteiger partial charge >= 0.3 is 0 Å². The summed E-state index contributed by atoms with van der Waals surface area (Å²) in [6.45, 7) is 1.50. The van der Waals surface area contributed by atoms with E-state index in [-0.39, 0.29) is 11.6 Å². The number of nitrogens with zero attached hydrogens (tertiary/aromatic N) is 1. The van der Waals surface area contributed by atoms with Crippen molar-refractivity contribution < 1.29 is 12.9 Å². The van der Waals surface area contributed by atoms with Gasteiger partial charge in [0.05, 0.1) is 10.6 Å². The lowest BCUT2D eigenvalue weighted by atomic mass is 10.0. The second kappa shape index (κ2) is 5.27. The lowest BCUT2D eigenvalue weighted by Crippen LogP contribution is -2.08. The summed E-state index contributed by atoms with van der Waals surface area (Å²) in [6, 6.07) is 4.82. The molecular weight excluding hydrogens is 323 g/mol. The van der Waals surface area contributed by atoms with E-state index in [4.69, 9.17) is 33.5 Å². The fourth-order valence-corrected chi connectivity index (χ4v) is 2.80. The number of halogens is 2. The summed E-state index contributed by atoms with van der Waals surface area (Å²) >= 11 is 12.0. The minimum absolute atomic E-state index is 0.0831. The lowest BCUT2D eigenvalue weighted by molar-refractivity contribution is 0.385. The van der Waals surface area contributed by atoms with Gasteiger partial charge in [0.15, 0.2) is 21.4 Å². The highest BCUT2D eigenvalue weighted by molar-refractivity contribution is 7.90. The summed E-state index contributed by atoms with van der Waals surface area (Å²) in [5, 5.41) is 3.56. The molecule has 20 heavy (non-hydrogen) atoms. The molecule has 0 aliphatic heterocycles. The van der Waals surface area contributed by atoms with Gasteiger partial charge in [-0.25, -0.2) is 8.42 Å². The number of hydrogen-bond acceptors (Lipinski definition) is 5. The Morgan fingerprint density at radius 2 is 2.00 bits per heavy atom. The van der Waals surface area contributed by atoms with E-state index in [0.717, 1.165) is 6.26 Å². The highest BCUT2D eigenvalue weighted by Crippen LogP contribution is 2.40. The van der Waals surface area contributed by atoms with Gasteiger partial charge in [-0.2, -0.15) is 0 Å². The molecule has 0 spiro atoms. The largest absolute Gasteiger partial charge is 0.380 e. The van der Waals surface area contributed by atoms with Crippen LogP contribution in [0.25, 0.3) is 11.1 Å². The number of nitrogens with two attached hydrogens (primary N) is 1. The van der Waals surface area contributed by atoms with Gasteiger partial charge in [0.25, 0.3) is 0 Å². The van der Waals surface area contributed by atoms with Gasteiger partial charge in [-0.3, -0.25) is 0 Å². The number of rotatable bonds is 3. The first-order valence-corrected chi connectivity index (χ1v) is 8.32. The third-order valence-corrected chi connectivity index (χ3v) is 5.00. The molecule has 1 heterocycles. The molecule has 0 radical (unpaired) electrons. The van der Waals surface area contributed by atoms with Crippen LogP contribution in [0.5, 0.6) is 0 Å². The Morgan fingerprint density at radius 3 is 2.55 bits per heavy atom. The molecule has 0 saturated carbocycles. The monoisotopic (exact) mass is 334 g/mol. The Labute approximate surface area is 126 Å². The number of aromatic nitrogens is 1. The number of nitrogen functional groups attached to an aromatic ring is 1. The summed E-state index contributed by atoms with van der Waals surface area (Å²) in [4.78, 5) is 0. The Kier molecular flexibility index (Phi) is 4.00. The average molecular weight is 335 g/mol. The van der Waals surface area contributed by atoms with Crippen molar-refractivity contribution in [1.29, 1.82) is 0 Å². The van der Waals surface area contributed by atoms with Gasteiger partial charge in [0, 0.05) is 16.8 Å². The maximum atomic E-state index is 11.7. The second-order valence-electron chi connectivity index (χ2n) is 4.40. The molecule has 2 rings (SSSR count). The average Bonchev–Trinajstić information content (AvgIpc) is 2.69. The van der Waals surface area contributed by atoms with Crippen molar-refractivity contribution in [2.75, 3.05) is 12.0 Å². The summed E-state index contributed by atoms with van der Waals surface area (Å²) in [6.07, 6.45) is 1.11. The third kappa shape index (κ3) is 2.77.